The summed E-state index contributed by atoms with van der Waals surface area (Å²) in [7, 11) is 0. The van der Waals surface area contributed by atoms with E-state index in [-0.39, 0.29) is 17.5 Å². The van der Waals surface area contributed by atoms with Gasteiger partial charge in [-0.3, -0.25) is 9.48 Å². The minimum absolute atomic E-state index is 0.0204. The van der Waals surface area contributed by atoms with Crippen LogP contribution in [0.5, 0.6) is 0 Å². The van der Waals surface area contributed by atoms with Crippen molar-refractivity contribution in [2.24, 2.45) is 0 Å². The van der Waals surface area contributed by atoms with Crippen molar-refractivity contribution in [1.29, 1.82) is 0 Å². The summed E-state index contributed by atoms with van der Waals surface area (Å²) in [6.07, 6.45) is 4.62. The van der Waals surface area contributed by atoms with Crippen molar-refractivity contribution in [3.8, 4) is 0 Å². The molecule has 0 spiro atoms. The maximum Gasteiger partial charge on any atom is 0.222 e. The molecule has 0 atom stereocenters. The van der Waals surface area contributed by atoms with E-state index in [1.165, 1.54) is 0 Å². The first-order chi connectivity index (χ1) is 9.41. The summed E-state index contributed by atoms with van der Waals surface area (Å²) in [5, 5.41) is 14.8. The molecule has 20 heavy (non-hydrogen) atoms. The number of aromatic nitrogens is 3. The van der Waals surface area contributed by atoms with Crippen molar-refractivity contribution >= 4 is 5.91 Å². The minimum Gasteiger partial charge on any atom is -0.354 e. The molecule has 1 amide bonds. The molecule has 1 heterocycles. The van der Waals surface area contributed by atoms with Crippen LogP contribution >= 0.6 is 0 Å². The summed E-state index contributed by atoms with van der Waals surface area (Å²) in [6, 6.07) is 0.609. The first-order valence-corrected chi connectivity index (χ1v) is 7.39. The Morgan fingerprint density at radius 2 is 2.05 bits per heavy atom. The van der Waals surface area contributed by atoms with Gasteiger partial charge in [0.25, 0.3) is 0 Å². The van der Waals surface area contributed by atoms with Crippen molar-refractivity contribution in [2.75, 3.05) is 0 Å². The SMILES string of the molecule is CC(C)NC(=O)CCn1cc(C2(NC(C)C)CC2)nn1. The second-order valence-electron chi connectivity index (χ2n) is 6.22. The van der Waals surface area contributed by atoms with Gasteiger partial charge < -0.3 is 10.6 Å². The molecule has 0 radical (unpaired) electrons. The van der Waals surface area contributed by atoms with Crippen molar-refractivity contribution in [2.45, 2.75) is 71.1 Å². The Labute approximate surface area is 120 Å². The van der Waals surface area contributed by atoms with Gasteiger partial charge in [-0.2, -0.15) is 0 Å². The Hall–Kier alpha value is -1.43. The highest BCUT2D eigenvalue weighted by Gasteiger charge is 2.46. The van der Waals surface area contributed by atoms with Crippen LogP contribution in [0.1, 0.15) is 52.7 Å². The number of nitrogens with one attached hydrogen (secondary N) is 2. The number of carbonyl (C=O) groups excluding carboxylic acids is 1. The van der Waals surface area contributed by atoms with Gasteiger partial charge in [0.05, 0.1) is 18.3 Å². The molecule has 6 heteroatoms. The van der Waals surface area contributed by atoms with Crippen molar-refractivity contribution in [3.05, 3.63) is 11.9 Å². The molecule has 1 aliphatic carbocycles. The second kappa shape index (κ2) is 5.91. The lowest BCUT2D eigenvalue weighted by Crippen LogP contribution is -2.35. The Balaban J connectivity index is 1.88. The molecule has 1 fully saturated rings. The molecule has 6 nitrogen and oxygen atoms in total. The molecule has 1 aromatic heterocycles. The van der Waals surface area contributed by atoms with E-state index in [1.807, 2.05) is 20.0 Å². The van der Waals surface area contributed by atoms with Crippen LogP contribution in [0.3, 0.4) is 0 Å². The Kier molecular flexibility index (Phi) is 4.42. The zero-order chi connectivity index (χ0) is 14.8. The average Bonchev–Trinajstić information content (AvgIpc) is 2.94. The van der Waals surface area contributed by atoms with Gasteiger partial charge in [-0.1, -0.05) is 5.21 Å². The van der Waals surface area contributed by atoms with Crippen LogP contribution in [-0.2, 0) is 16.9 Å². The van der Waals surface area contributed by atoms with Gasteiger partial charge in [-0.15, -0.1) is 5.10 Å². The number of hydrogen-bond donors (Lipinski definition) is 2. The van der Waals surface area contributed by atoms with Gasteiger partial charge >= 0.3 is 0 Å². The third kappa shape index (κ3) is 3.79. The zero-order valence-electron chi connectivity index (χ0n) is 12.8. The Morgan fingerprint density at radius 1 is 1.35 bits per heavy atom. The Morgan fingerprint density at radius 3 is 2.60 bits per heavy atom. The summed E-state index contributed by atoms with van der Waals surface area (Å²) < 4.78 is 1.76. The fourth-order valence-corrected chi connectivity index (χ4v) is 2.39. The van der Waals surface area contributed by atoms with Crippen LogP contribution in [0.15, 0.2) is 6.20 Å². The molecule has 0 aliphatic heterocycles. The molecule has 0 unspecified atom stereocenters. The number of amides is 1. The zero-order valence-corrected chi connectivity index (χ0v) is 12.8. The summed E-state index contributed by atoms with van der Waals surface area (Å²) in [5.41, 5.74) is 1.02. The van der Waals surface area contributed by atoms with E-state index in [0.717, 1.165) is 18.5 Å². The van der Waals surface area contributed by atoms with Gasteiger partial charge in [-0.05, 0) is 40.5 Å². The second-order valence-corrected chi connectivity index (χ2v) is 6.22. The number of rotatable bonds is 7. The van der Waals surface area contributed by atoms with Crippen LogP contribution in [0.4, 0.5) is 0 Å². The highest BCUT2D eigenvalue weighted by molar-refractivity contribution is 5.76. The lowest BCUT2D eigenvalue weighted by molar-refractivity contribution is -0.121. The fraction of sp³-hybridized carbons (Fsp3) is 0.786. The smallest absolute Gasteiger partial charge is 0.222 e. The maximum atomic E-state index is 11.6. The average molecular weight is 279 g/mol. The Bertz CT molecular complexity index is 462. The lowest BCUT2D eigenvalue weighted by atomic mass is 10.1. The quantitative estimate of drug-likeness (QED) is 0.786. The van der Waals surface area contributed by atoms with E-state index in [2.05, 4.69) is 34.8 Å². The third-order valence-electron chi connectivity index (χ3n) is 3.36. The summed E-state index contributed by atoms with van der Waals surface area (Å²) in [6.45, 7) is 8.77. The van der Waals surface area contributed by atoms with Crippen LogP contribution in [0, 0.1) is 0 Å². The van der Waals surface area contributed by atoms with Gasteiger partial charge in [0.2, 0.25) is 5.91 Å². The van der Waals surface area contributed by atoms with E-state index >= 15 is 0 Å². The molecule has 1 aromatic rings. The molecule has 112 valence electrons. The first kappa shape index (κ1) is 15.0. The van der Waals surface area contributed by atoms with Crippen LogP contribution < -0.4 is 10.6 Å². The standard InChI is InChI=1S/C14H25N5O/c1-10(2)15-13(20)5-8-19-9-12(17-18-19)14(6-7-14)16-11(3)4/h9-11,16H,5-8H2,1-4H3,(H,15,20). The normalized spacial score (nSPS) is 16.7. The largest absolute Gasteiger partial charge is 0.354 e. The van der Waals surface area contributed by atoms with Crippen LogP contribution in [0.25, 0.3) is 0 Å². The van der Waals surface area contributed by atoms with Crippen molar-refractivity contribution in [1.82, 2.24) is 25.6 Å². The van der Waals surface area contributed by atoms with E-state index in [9.17, 15) is 4.79 Å². The minimum atomic E-state index is 0.0204. The number of carbonyl (C=O) groups is 1. The predicted octanol–water partition coefficient (Wildman–Crippen LogP) is 1.18. The number of hydrogen-bond acceptors (Lipinski definition) is 4. The molecule has 1 saturated carbocycles. The summed E-state index contributed by atoms with van der Waals surface area (Å²) >= 11 is 0. The molecule has 0 saturated heterocycles. The molecule has 1 aliphatic rings. The van der Waals surface area contributed by atoms with Crippen molar-refractivity contribution in [3.63, 3.8) is 0 Å². The highest BCUT2D eigenvalue weighted by Crippen LogP contribution is 2.44. The third-order valence-corrected chi connectivity index (χ3v) is 3.36. The summed E-state index contributed by atoms with van der Waals surface area (Å²) in [5.74, 6) is 0.0542. The monoisotopic (exact) mass is 279 g/mol. The topological polar surface area (TPSA) is 71.8 Å². The van der Waals surface area contributed by atoms with Crippen LogP contribution in [-0.4, -0.2) is 33.0 Å². The molecule has 0 aromatic carbocycles. The van der Waals surface area contributed by atoms with Gasteiger partial charge in [0, 0.05) is 18.5 Å². The van der Waals surface area contributed by atoms with Crippen LogP contribution in [0.2, 0.25) is 0 Å². The lowest BCUT2D eigenvalue weighted by Gasteiger charge is -2.17. The first-order valence-electron chi connectivity index (χ1n) is 7.39. The number of aryl methyl sites for hydroxylation is 1. The number of nitrogens with zero attached hydrogens (tertiary/aromatic N) is 3. The van der Waals surface area contributed by atoms with Gasteiger partial charge in [0.15, 0.2) is 0 Å². The molecular formula is C14H25N5O. The van der Waals surface area contributed by atoms with E-state index < -0.39 is 0 Å². The predicted molar refractivity (Wildman–Crippen MR) is 77.1 cm³/mol. The maximum absolute atomic E-state index is 11.6. The van der Waals surface area contributed by atoms with E-state index in [1.54, 1.807) is 4.68 Å². The van der Waals surface area contributed by atoms with Crippen molar-refractivity contribution < 1.29 is 4.79 Å². The van der Waals surface area contributed by atoms with E-state index in [4.69, 9.17) is 0 Å². The summed E-state index contributed by atoms with van der Waals surface area (Å²) in [4.78, 5) is 11.6. The molecule has 0 bridgehead atoms. The van der Waals surface area contributed by atoms with Gasteiger partial charge in [0.1, 0.15) is 5.69 Å². The molecule has 2 N–H and O–H groups in total. The van der Waals surface area contributed by atoms with E-state index in [0.29, 0.717) is 19.0 Å². The molecule has 2 rings (SSSR count). The highest BCUT2D eigenvalue weighted by atomic mass is 16.1. The fourth-order valence-electron chi connectivity index (χ4n) is 2.39. The molecular weight excluding hydrogens is 254 g/mol. The van der Waals surface area contributed by atoms with Gasteiger partial charge in [-0.25, -0.2) is 0 Å².